The molecule has 3 rings (SSSR count). The molecule has 1 aromatic carbocycles. The molecule has 0 radical (unpaired) electrons. The number of amides is 2. The maximum atomic E-state index is 12.2. The molecule has 1 fully saturated rings. The third-order valence-corrected chi connectivity index (χ3v) is 4.70. The predicted molar refractivity (Wildman–Crippen MR) is 93.1 cm³/mol. The number of para-hydroxylation sites is 1. The van der Waals surface area contributed by atoms with Gasteiger partial charge in [0.05, 0.1) is 5.52 Å². The van der Waals surface area contributed by atoms with Gasteiger partial charge in [-0.2, -0.15) is 0 Å². The van der Waals surface area contributed by atoms with Crippen LogP contribution in [-0.4, -0.2) is 22.8 Å². The van der Waals surface area contributed by atoms with E-state index in [-0.39, 0.29) is 5.91 Å². The minimum Gasteiger partial charge on any atom is -0.368 e. The minimum atomic E-state index is -0.715. The molecule has 0 spiro atoms. The van der Waals surface area contributed by atoms with Crippen LogP contribution in [0.2, 0.25) is 0 Å². The Labute approximate surface area is 141 Å². The number of aromatic nitrogens is 1. The first-order valence-electron chi connectivity index (χ1n) is 8.55. The second-order valence-electron chi connectivity index (χ2n) is 6.58. The molecule has 0 saturated heterocycles. The van der Waals surface area contributed by atoms with Crippen LogP contribution in [0.25, 0.3) is 10.9 Å². The summed E-state index contributed by atoms with van der Waals surface area (Å²) in [7, 11) is 0. The van der Waals surface area contributed by atoms with Crippen LogP contribution in [-0.2, 0) is 16.0 Å². The van der Waals surface area contributed by atoms with Gasteiger partial charge >= 0.3 is 0 Å². The summed E-state index contributed by atoms with van der Waals surface area (Å²) in [5.74, 6) is -0.173. The summed E-state index contributed by atoms with van der Waals surface area (Å²) in [4.78, 5) is 28.4. The highest BCUT2D eigenvalue weighted by atomic mass is 16.2. The Bertz CT molecular complexity index is 738. The van der Waals surface area contributed by atoms with Crippen LogP contribution in [0.5, 0.6) is 0 Å². The van der Waals surface area contributed by atoms with Gasteiger partial charge in [0.15, 0.2) is 0 Å². The molecule has 1 heterocycles. The van der Waals surface area contributed by atoms with Gasteiger partial charge in [0, 0.05) is 23.9 Å². The largest absolute Gasteiger partial charge is 0.368 e. The predicted octanol–water partition coefficient (Wildman–Crippen LogP) is 2.33. The van der Waals surface area contributed by atoms with E-state index in [2.05, 4.69) is 10.3 Å². The van der Waals surface area contributed by atoms with Crippen molar-refractivity contribution in [3.8, 4) is 0 Å². The van der Waals surface area contributed by atoms with E-state index in [0.717, 1.165) is 29.4 Å². The molecule has 2 aromatic rings. The fourth-order valence-corrected chi connectivity index (χ4v) is 3.38. The van der Waals surface area contributed by atoms with Gasteiger partial charge in [-0.3, -0.25) is 14.6 Å². The minimum absolute atomic E-state index is 0.0912. The van der Waals surface area contributed by atoms with Gasteiger partial charge in [-0.25, -0.2) is 0 Å². The number of pyridine rings is 1. The Morgan fingerprint density at radius 1 is 1.17 bits per heavy atom. The Kier molecular flexibility index (Phi) is 5.08. The molecule has 3 N–H and O–H groups in total. The second-order valence-corrected chi connectivity index (χ2v) is 6.58. The molecule has 1 aliphatic rings. The van der Waals surface area contributed by atoms with Gasteiger partial charge in [-0.15, -0.1) is 0 Å². The van der Waals surface area contributed by atoms with E-state index >= 15 is 0 Å². The molecule has 1 saturated carbocycles. The average molecular weight is 325 g/mol. The number of rotatable bonds is 6. The summed E-state index contributed by atoms with van der Waals surface area (Å²) in [6, 6.07) is 10.9. The Morgan fingerprint density at radius 2 is 1.92 bits per heavy atom. The number of carbonyl (C=O) groups is 2. The molecule has 0 aliphatic heterocycles. The van der Waals surface area contributed by atoms with Crippen molar-refractivity contribution in [3.63, 3.8) is 0 Å². The van der Waals surface area contributed by atoms with Gasteiger partial charge in [0.1, 0.15) is 6.04 Å². The van der Waals surface area contributed by atoms with Crippen LogP contribution in [0.1, 0.15) is 37.8 Å². The first-order valence-corrected chi connectivity index (χ1v) is 8.55. The molecule has 2 amide bonds. The van der Waals surface area contributed by atoms with Crippen LogP contribution in [0.3, 0.4) is 0 Å². The standard InChI is InChI=1S/C19H23N3O2/c20-19(24)17(22-18(23)11-13-5-1-2-6-13)12-15-10-9-14-7-3-4-8-16(14)21-15/h3-4,7-10,13,17H,1-2,5-6,11-12H2,(H2,20,24)(H,22,23)/t17-/m0/s1. The van der Waals surface area contributed by atoms with E-state index in [9.17, 15) is 9.59 Å². The van der Waals surface area contributed by atoms with Crippen molar-refractivity contribution < 1.29 is 9.59 Å². The summed E-state index contributed by atoms with van der Waals surface area (Å²) in [5.41, 5.74) is 7.09. The summed E-state index contributed by atoms with van der Waals surface area (Å²) in [6.07, 6.45) is 5.38. The van der Waals surface area contributed by atoms with E-state index in [1.165, 1.54) is 12.8 Å². The third kappa shape index (κ3) is 4.10. The van der Waals surface area contributed by atoms with Gasteiger partial charge in [0.2, 0.25) is 11.8 Å². The van der Waals surface area contributed by atoms with Gasteiger partial charge in [-0.05, 0) is 30.9 Å². The molecule has 24 heavy (non-hydrogen) atoms. The van der Waals surface area contributed by atoms with Crippen LogP contribution in [0, 0.1) is 5.92 Å². The Hall–Kier alpha value is -2.43. The molecule has 5 nitrogen and oxygen atoms in total. The zero-order valence-corrected chi connectivity index (χ0v) is 13.7. The fraction of sp³-hybridized carbons (Fsp3) is 0.421. The monoisotopic (exact) mass is 325 g/mol. The molecule has 1 aromatic heterocycles. The molecular formula is C19H23N3O2. The SMILES string of the molecule is NC(=O)[C@H](Cc1ccc2ccccc2n1)NC(=O)CC1CCCC1. The molecule has 0 bridgehead atoms. The molecule has 5 heteroatoms. The highest BCUT2D eigenvalue weighted by Gasteiger charge is 2.23. The zero-order valence-electron chi connectivity index (χ0n) is 13.7. The lowest BCUT2D eigenvalue weighted by atomic mass is 10.0. The highest BCUT2D eigenvalue weighted by Crippen LogP contribution is 2.27. The summed E-state index contributed by atoms with van der Waals surface area (Å²) >= 11 is 0. The van der Waals surface area contributed by atoms with E-state index in [1.807, 2.05) is 36.4 Å². The van der Waals surface area contributed by atoms with E-state index in [0.29, 0.717) is 18.8 Å². The summed E-state index contributed by atoms with van der Waals surface area (Å²) in [5, 5.41) is 3.83. The number of hydrogen-bond donors (Lipinski definition) is 2. The Balaban J connectivity index is 1.66. The van der Waals surface area contributed by atoms with Gasteiger partial charge in [-0.1, -0.05) is 37.1 Å². The number of benzene rings is 1. The fourth-order valence-electron chi connectivity index (χ4n) is 3.38. The molecular weight excluding hydrogens is 302 g/mol. The van der Waals surface area contributed by atoms with Crippen LogP contribution < -0.4 is 11.1 Å². The van der Waals surface area contributed by atoms with Crippen molar-refractivity contribution in [1.82, 2.24) is 10.3 Å². The first-order chi connectivity index (χ1) is 11.6. The lowest BCUT2D eigenvalue weighted by molar-refractivity contribution is -0.127. The van der Waals surface area contributed by atoms with Gasteiger partial charge < -0.3 is 11.1 Å². The quantitative estimate of drug-likeness (QED) is 0.855. The van der Waals surface area contributed by atoms with E-state index in [1.54, 1.807) is 0 Å². The lowest BCUT2D eigenvalue weighted by Crippen LogP contribution is -2.46. The average Bonchev–Trinajstić information content (AvgIpc) is 3.07. The normalized spacial score (nSPS) is 16.2. The van der Waals surface area contributed by atoms with Crippen molar-refractivity contribution in [2.45, 2.75) is 44.6 Å². The number of carbonyl (C=O) groups excluding carboxylic acids is 2. The van der Waals surface area contributed by atoms with Crippen molar-refractivity contribution in [1.29, 1.82) is 0 Å². The number of hydrogen-bond acceptors (Lipinski definition) is 3. The number of nitrogens with zero attached hydrogens (tertiary/aromatic N) is 1. The molecule has 1 aliphatic carbocycles. The molecule has 1 atom stereocenters. The second kappa shape index (κ2) is 7.43. The van der Waals surface area contributed by atoms with Gasteiger partial charge in [0.25, 0.3) is 0 Å². The van der Waals surface area contributed by atoms with Crippen LogP contribution >= 0.6 is 0 Å². The topological polar surface area (TPSA) is 85.1 Å². The molecule has 126 valence electrons. The van der Waals surface area contributed by atoms with Crippen molar-refractivity contribution in [3.05, 3.63) is 42.1 Å². The summed E-state index contributed by atoms with van der Waals surface area (Å²) in [6.45, 7) is 0. The number of fused-ring (bicyclic) bond motifs is 1. The maximum Gasteiger partial charge on any atom is 0.240 e. The third-order valence-electron chi connectivity index (χ3n) is 4.70. The highest BCUT2D eigenvalue weighted by molar-refractivity contribution is 5.87. The lowest BCUT2D eigenvalue weighted by Gasteiger charge is -2.17. The van der Waals surface area contributed by atoms with E-state index in [4.69, 9.17) is 5.73 Å². The Morgan fingerprint density at radius 3 is 2.67 bits per heavy atom. The smallest absolute Gasteiger partial charge is 0.240 e. The van der Waals surface area contributed by atoms with Crippen molar-refractivity contribution in [2.75, 3.05) is 0 Å². The van der Waals surface area contributed by atoms with E-state index < -0.39 is 11.9 Å². The number of primary amides is 1. The number of nitrogens with two attached hydrogens (primary N) is 1. The number of nitrogens with one attached hydrogen (secondary N) is 1. The molecule has 0 unspecified atom stereocenters. The van der Waals surface area contributed by atoms with Crippen molar-refractivity contribution in [2.24, 2.45) is 11.7 Å². The van der Waals surface area contributed by atoms with Crippen molar-refractivity contribution >= 4 is 22.7 Å². The zero-order chi connectivity index (χ0) is 16.9. The summed E-state index contributed by atoms with van der Waals surface area (Å²) < 4.78 is 0. The van der Waals surface area contributed by atoms with Crippen LogP contribution in [0.4, 0.5) is 0 Å². The maximum absolute atomic E-state index is 12.2. The first kappa shape index (κ1) is 16.4. The van der Waals surface area contributed by atoms with Crippen LogP contribution in [0.15, 0.2) is 36.4 Å².